The zero-order valence-corrected chi connectivity index (χ0v) is 16.2. The molecule has 5 nitrogen and oxygen atoms in total. The minimum Gasteiger partial charge on any atom is -0.352 e. The molecule has 26 heavy (non-hydrogen) atoms. The number of sulfonamides is 1. The van der Waals surface area contributed by atoms with E-state index in [1.54, 1.807) is 41.8 Å². The number of anilines is 1. The van der Waals surface area contributed by atoms with E-state index in [-0.39, 0.29) is 10.1 Å². The van der Waals surface area contributed by atoms with E-state index in [9.17, 15) is 13.2 Å². The van der Waals surface area contributed by atoms with Crippen molar-refractivity contribution in [1.82, 2.24) is 5.32 Å². The second-order valence-corrected chi connectivity index (χ2v) is 9.52. The van der Waals surface area contributed by atoms with Crippen molar-refractivity contribution in [2.75, 3.05) is 11.3 Å². The Balaban J connectivity index is 1.53. The molecule has 0 bridgehead atoms. The van der Waals surface area contributed by atoms with Crippen LogP contribution in [0.2, 0.25) is 0 Å². The molecule has 0 unspecified atom stereocenters. The fourth-order valence-corrected chi connectivity index (χ4v) is 5.38. The normalized spacial score (nSPS) is 15.1. The molecule has 3 rings (SSSR count). The van der Waals surface area contributed by atoms with Gasteiger partial charge in [0, 0.05) is 17.8 Å². The Hall–Kier alpha value is -1.86. The lowest BCUT2D eigenvalue weighted by atomic mass is 10.0. The monoisotopic (exact) mass is 392 g/mol. The zero-order chi connectivity index (χ0) is 18.4. The summed E-state index contributed by atoms with van der Waals surface area (Å²) in [5.74, 6) is 0.649. The largest absolute Gasteiger partial charge is 0.352 e. The van der Waals surface area contributed by atoms with Gasteiger partial charge in [-0.1, -0.05) is 37.8 Å². The van der Waals surface area contributed by atoms with Crippen molar-refractivity contribution in [3.05, 3.63) is 47.3 Å². The SMILES string of the molecule is O=C(NCCCC1CCCC1)c1cccc(NS(=O)(=O)c2cccs2)c1. The third kappa shape index (κ3) is 5.08. The Bertz CT molecular complexity index is 826. The van der Waals surface area contributed by atoms with Crippen LogP contribution in [0.1, 0.15) is 48.9 Å². The van der Waals surface area contributed by atoms with Crippen molar-refractivity contribution in [3.8, 4) is 0 Å². The third-order valence-corrected chi connectivity index (χ3v) is 7.47. The topological polar surface area (TPSA) is 75.3 Å². The highest BCUT2D eigenvalue weighted by atomic mass is 32.2. The number of carbonyl (C=O) groups excluding carboxylic acids is 1. The molecule has 1 heterocycles. The first-order chi connectivity index (χ1) is 12.5. The van der Waals surface area contributed by atoms with Crippen molar-refractivity contribution in [1.29, 1.82) is 0 Å². The van der Waals surface area contributed by atoms with Gasteiger partial charge in [0.25, 0.3) is 15.9 Å². The van der Waals surface area contributed by atoms with Crippen LogP contribution < -0.4 is 10.0 Å². The second-order valence-electron chi connectivity index (χ2n) is 6.67. The maximum Gasteiger partial charge on any atom is 0.271 e. The minimum absolute atomic E-state index is 0.173. The molecule has 0 spiro atoms. The summed E-state index contributed by atoms with van der Waals surface area (Å²) < 4.78 is 27.3. The molecule has 140 valence electrons. The first-order valence-electron chi connectivity index (χ1n) is 8.99. The van der Waals surface area contributed by atoms with Crippen LogP contribution in [0.25, 0.3) is 0 Å². The molecule has 1 fully saturated rings. The summed E-state index contributed by atoms with van der Waals surface area (Å²) in [6, 6.07) is 9.82. The number of hydrogen-bond acceptors (Lipinski definition) is 4. The summed E-state index contributed by atoms with van der Waals surface area (Å²) in [6.45, 7) is 0.653. The summed E-state index contributed by atoms with van der Waals surface area (Å²) in [4.78, 5) is 12.3. The van der Waals surface area contributed by atoms with Crippen molar-refractivity contribution in [3.63, 3.8) is 0 Å². The number of amides is 1. The summed E-state index contributed by atoms with van der Waals surface area (Å²) in [5, 5.41) is 4.64. The molecule has 0 radical (unpaired) electrons. The summed E-state index contributed by atoms with van der Waals surface area (Å²) in [5.41, 5.74) is 0.842. The first-order valence-corrected chi connectivity index (χ1v) is 11.4. The molecule has 1 aromatic carbocycles. The molecule has 0 aliphatic heterocycles. The van der Waals surface area contributed by atoms with Crippen LogP contribution in [-0.4, -0.2) is 20.9 Å². The van der Waals surface area contributed by atoms with Crippen LogP contribution in [0.3, 0.4) is 0 Å². The average molecular weight is 393 g/mol. The van der Waals surface area contributed by atoms with Crippen molar-refractivity contribution in [2.45, 2.75) is 42.7 Å². The van der Waals surface area contributed by atoms with Gasteiger partial charge in [-0.05, 0) is 48.4 Å². The van der Waals surface area contributed by atoms with Gasteiger partial charge < -0.3 is 5.32 Å². The molecule has 2 N–H and O–H groups in total. The van der Waals surface area contributed by atoms with E-state index >= 15 is 0 Å². The van der Waals surface area contributed by atoms with Gasteiger partial charge in [0.2, 0.25) is 0 Å². The Labute approximate surface area is 158 Å². The van der Waals surface area contributed by atoms with Crippen LogP contribution in [0.5, 0.6) is 0 Å². The van der Waals surface area contributed by atoms with Gasteiger partial charge in [-0.2, -0.15) is 0 Å². The van der Waals surface area contributed by atoms with E-state index in [0.717, 1.165) is 23.7 Å². The Kier molecular flexibility index (Phi) is 6.32. The van der Waals surface area contributed by atoms with Gasteiger partial charge in [-0.3, -0.25) is 9.52 Å². The number of nitrogens with one attached hydrogen (secondary N) is 2. The molecule has 1 aromatic heterocycles. The Morgan fingerprint density at radius 2 is 1.96 bits per heavy atom. The molecule has 2 aromatic rings. The van der Waals surface area contributed by atoms with Gasteiger partial charge >= 0.3 is 0 Å². The van der Waals surface area contributed by atoms with Crippen LogP contribution in [0, 0.1) is 5.92 Å². The maximum absolute atomic E-state index is 12.3. The molecule has 0 atom stereocenters. The lowest BCUT2D eigenvalue weighted by Gasteiger charge is -2.10. The highest BCUT2D eigenvalue weighted by Gasteiger charge is 2.16. The van der Waals surface area contributed by atoms with Gasteiger partial charge in [0.1, 0.15) is 4.21 Å². The fourth-order valence-electron chi connectivity index (χ4n) is 3.34. The second kappa shape index (κ2) is 8.68. The van der Waals surface area contributed by atoms with Crippen molar-refractivity contribution in [2.24, 2.45) is 5.92 Å². The minimum atomic E-state index is -3.61. The predicted molar refractivity (Wildman–Crippen MR) is 105 cm³/mol. The van der Waals surface area contributed by atoms with E-state index in [2.05, 4.69) is 10.0 Å². The van der Waals surface area contributed by atoms with E-state index < -0.39 is 10.0 Å². The van der Waals surface area contributed by atoms with E-state index in [4.69, 9.17) is 0 Å². The first kappa shape index (κ1) is 18.9. The summed E-state index contributed by atoms with van der Waals surface area (Å²) in [6.07, 6.45) is 7.47. The van der Waals surface area contributed by atoms with Crippen LogP contribution in [-0.2, 0) is 10.0 Å². The number of hydrogen-bond donors (Lipinski definition) is 2. The molecular formula is C19H24N2O3S2. The van der Waals surface area contributed by atoms with Gasteiger partial charge in [-0.15, -0.1) is 11.3 Å². The number of rotatable bonds is 8. The van der Waals surface area contributed by atoms with Gasteiger partial charge in [0.05, 0.1) is 0 Å². The molecule has 0 saturated heterocycles. The number of benzene rings is 1. The van der Waals surface area contributed by atoms with Crippen molar-refractivity contribution >= 4 is 33.0 Å². The molecule has 7 heteroatoms. The standard InChI is InChI=1S/C19H24N2O3S2/c22-19(20-12-4-8-15-6-1-2-7-15)16-9-3-10-17(14-16)21-26(23,24)18-11-5-13-25-18/h3,5,9-11,13-15,21H,1-2,4,6-8,12H2,(H,20,22). The van der Waals surface area contributed by atoms with Gasteiger partial charge in [-0.25, -0.2) is 8.42 Å². The van der Waals surface area contributed by atoms with Crippen LogP contribution >= 0.6 is 11.3 Å². The van der Waals surface area contributed by atoms with E-state index in [1.807, 2.05) is 0 Å². The van der Waals surface area contributed by atoms with E-state index in [1.165, 1.54) is 32.1 Å². The Morgan fingerprint density at radius 1 is 1.15 bits per heavy atom. The molecule has 1 saturated carbocycles. The lowest BCUT2D eigenvalue weighted by molar-refractivity contribution is 0.0952. The molecule has 1 aliphatic rings. The van der Waals surface area contributed by atoms with Crippen LogP contribution in [0.15, 0.2) is 46.0 Å². The van der Waals surface area contributed by atoms with Crippen molar-refractivity contribution < 1.29 is 13.2 Å². The Morgan fingerprint density at radius 3 is 2.69 bits per heavy atom. The molecule has 1 aliphatic carbocycles. The number of carbonyl (C=O) groups is 1. The summed E-state index contributed by atoms with van der Waals surface area (Å²) in [7, 11) is -3.61. The highest BCUT2D eigenvalue weighted by molar-refractivity contribution is 7.94. The zero-order valence-electron chi connectivity index (χ0n) is 14.6. The fraction of sp³-hybridized carbons (Fsp3) is 0.421. The third-order valence-electron chi connectivity index (χ3n) is 4.69. The van der Waals surface area contributed by atoms with E-state index in [0.29, 0.717) is 17.8 Å². The summed E-state index contributed by atoms with van der Waals surface area (Å²) >= 11 is 1.15. The number of thiophene rings is 1. The average Bonchev–Trinajstić information content (AvgIpc) is 3.32. The smallest absolute Gasteiger partial charge is 0.271 e. The lowest BCUT2D eigenvalue weighted by Crippen LogP contribution is -2.25. The van der Waals surface area contributed by atoms with Crippen LogP contribution in [0.4, 0.5) is 5.69 Å². The predicted octanol–water partition coefficient (Wildman–Crippen LogP) is 4.25. The maximum atomic E-state index is 12.3. The van der Waals surface area contributed by atoms with Gasteiger partial charge in [0.15, 0.2) is 0 Å². The quantitative estimate of drug-likeness (QED) is 0.660. The molecule has 1 amide bonds. The molecular weight excluding hydrogens is 368 g/mol. The highest BCUT2D eigenvalue weighted by Crippen LogP contribution is 2.28.